The summed E-state index contributed by atoms with van der Waals surface area (Å²) in [6.45, 7) is 3.37. The van der Waals surface area contributed by atoms with Gasteiger partial charge in [-0.25, -0.2) is 0 Å². The molecule has 0 unspecified atom stereocenters. The van der Waals surface area contributed by atoms with Crippen LogP contribution in [-0.4, -0.2) is 24.3 Å². The first kappa shape index (κ1) is 15.0. The normalized spacial score (nSPS) is 15.0. The second-order valence-corrected chi connectivity index (χ2v) is 6.22. The summed E-state index contributed by atoms with van der Waals surface area (Å²) in [5.41, 5.74) is -0.120. The summed E-state index contributed by atoms with van der Waals surface area (Å²) in [6, 6.07) is 3.45. The van der Waals surface area contributed by atoms with Gasteiger partial charge in [0.05, 0.1) is 18.6 Å². The summed E-state index contributed by atoms with van der Waals surface area (Å²) < 4.78 is 11.2. The van der Waals surface area contributed by atoms with Crippen LogP contribution in [0.15, 0.2) is 12.1 Å². The number of carboxylic acid groups (broad SMARTS) is 1. The third kappa shape index (κ3) is 3.37. The molecule has 0 aliphatic heterocycles. The first-order chi connectivity index (χ1) is 9.33. The quantitative estimate of drug-likeness (QED) is 0.872. The summed E-state index contributed by atoms with van der Waals surface area (Å²) in [5, 5.41) is 9.79. The van der Waals surface area contributed by atoms with Crippen molar-refractivity contribution in [3.8, 4) is 11.5 Å². The fourth-order valence-electron chi connectivity index (χ4n) is 1.94. The van der Waals surface area contributed by atoms with Crippen molar-refractivity contribution in [3.63, 3.8) is 0 Å². The topological polar surface area (TPSA) is 55.8 Å². The minimum atomic E-state index is -0.892. The van der Waals surface area contributed by atoms with E-state index in [0.717, 1.165) is 18.4 Å². The van der Waals surface area contributed by atoms with Crippen LogP contribution in [-0.2, 0) is 11.2 Å². The molecule has 0 aromatic heterocycles. The van der Waals surface area contributed by atoms with E-state index in [-0.39, 0.29) is 6.10 Å². The van der Waals surface area contributed by atoms with Gasteiger partial charge < -0.3 is 14.6 Å². The Bertz CT molecular complexity index is 521. The third-order valence-electron chi connectivity index (χ3n) is 3.34. The number of hydrogen-bond donors (Lipinski definition) is 1. The van der Waals surface area contributed by atoms with Crippen LogP contribution in [0.25, 0.3) is 0 Å². The smallest absolute Gasteiger partial charge is 0.309 e. The SMILES string of the molecule is COc1cc(Cl)cc(CC(C)(C)C(=O)O)c1OC1CC1. The minimum Gasteiger partial charge on any atom is -0.493 e. The maximum atomic E-state index is 11.3. The lowest BCUT2D eigenvalue weighted by atomic mass is 9.85. The van der Waals surface area contributed by atoms with Crippen molar-refractivity contribution in [1.82, 2.24) is 0 Å². The number of rotatable bonds is 6. The standard InChI is InChI=1S/C15H19ClO4/c1-15(2,14(17)18)8-9-6-10(16)7-12(19-3)13(9)20-11-4-5-11/h6-7,11H,4-5,8H2,1-3H3,(H,17,18). The lowest BCUT2D eigenvalue weighted by Crippen LogP contribution is -2.26. The molecule has 0 saturated heterocycles. The van der Waals surface area contributed by atoms with Crippen molar-refractivity contribution in [1.29, 1.82) is 0 Å². The average Bonchev–Trinajstić information content (AvgIpc) is 3.15. The highest BCUT2D eigenvalue weighted by atomic mass is 35.5. The van der Waals surface area contributed by atoms with Gasteiger partial charge in [-0.2, -0.15) is 0 Å². The molecule has 1 aliphatic rings. The number of halogens is 1. The van der Waals surface area contributed by atoms with Gasteiger partial charge in [-0.05, 0) is 39.2 Å². The maximum Gasteiger partial charge on any atom is 0.309 e. The van der Waals surface area contributed by atoms with Crippen LogP contribution >= 0.6 is 11.6 Å². The number of aliphatic carboxylic acids is 1. The van der Waals surface area contributed by atoms with E-state index in [4.69, 9.17) is 21.1 Å². The molecule has 4 nitrogen and oxygen atoms in total. The lowest BCUT2D eigenvalue weighted by Gasteiger charge is -2.22. The fraction of sp³-hybridized carbons (Fsp3) is 0.533. The van der Waals surface area contributed by atoms with Gasteiger partial charge in [0, 0.05) is 16.7 Å². The first-order valence-corrected chi connectivity index (χ1v) is 6.98. The molecule has 1 N–H and O–H groups in total. The average molecular weight is 299 g/mol. The van der Waals surface area contributed by atoms with Gasteiger partial charge in [0.2, 0.25) is 0 Å². The molecule has 1 aromatic carbocycles. The molecule has 1 aromatic rings. The van der Waals surface area contributed by atoms with E-state index in [2.05, 4.69) is 0 Å². The summed E-state index contributed by atoms with van der Waals surface area (Å²) >= 11 is 6.08. The summed E-state index contributed by atoms with van der Waals surface area (Å²) in [7, 11) is 1.55. The van der Waals surface area contributed by atoms with Crippen molar-refractivity contribution >= 4 is 17.6 Å². The lowest BCUT2D eigenvalue weighted by molar-refractivity contribution is -0.146. The van der Waals surface area contributed by atoms with Gasteiger partial charge in [-0.1, -0.05) is 11.6 Å². The second-order valence-electron chi connectivity index (χ2n) is 5.78. The third-order valence-corrected chi connectivity index (χ3v) is 3.55. The molecule has 0 amide bonds. The number of carboxylic acids is 1. The molecule has 0 atom stereocenters. The van der Waals surface area contributed by atoms with Gasteiger partial charge in [-0.15, -0.1) is 0 Å². The van der Waals surface area contributed by atoms with Gasteiger partial charge in [-0.3, -0.25) is 4.79 Å². The number of carbonyl (C=O) groups is 1. The van der Waals surface area contributed by atoms with Crippen LogP contribution in [0, 0.1) is 5.41 Å². The Kier molecular flexibility index (Phi) is 4.14. The van der Waals surface area contributed by atoms with Crippen molar-refractivity contribution < 1.29 is 19.4 Å². The van der Waals surface area contributed by atoms with E-state index < -0.39 is 11.4 Å². The zero-order valence-corrected chi connectivity index (χ0v) is 12.7. The fourth-order valence-corrected chi connectivity index (χ4v) is 2.17. The van der Waals surface area contributed by atoms with Crippen molar-refractivity contribution in [2.24, 2.45) is 5.41 Å². The van der Waals surface area contributed by atoms with Crippen molar-refractivity contribution in [2.75, 3.05) is 7.11 Å². The van der Waals surface area contributed by atoms with Crippen LogP contribution in [0.4, 0.5) is 0 Å². The maximum absolute atomic E-state index is 11.3. The van der Waals surface area contributed by atoms with Crippen molar-refractivity contribution in [3.05, 3.63) is 22.7 Å². The number of hydrogen-bond acceptors (Lipinski definition) is 3. The summed E-state index contributed by atoms with van der Waals surface area (Å²) in [4.78, 5) is 11.3. The summed E-state index contributed by atoms with van der Waals surface area (Å²) in [5.74, 6) is 0.322. The van der Waals surface area contributed by atoms with Crippen LogP contribution in [0.1, 0.15) is 32.3 Å². The zero-order valence-electron chi connectivity index (χ0n) is 11.9. The molecule has 2 rings (SSSR count). The Morgan fingerprint density at radius 1 is 1.45 bits per heavy atom. The largest absolute Gasteiger partial charge is 0.493 e. The molecule has 1 saturated carbocycles. The molecule has 0 spiro atoms. The molecule has 0 radical (unpaired) electrons. The molecule has 20 heavy (non-hydrogen) atoms. The predicted octanol–water partition coefficient (Wildman–Crippen LogP) is 3.54. The molecular formula is C15H19ClO4. The van der Waals surface area contributed by atoms with Gasteiger partial charge >= 0.3 is 5.97 Å². The van der Waals surface area contributed by atoms with Gasteiger partial charge in [0.25, 0.3) is 0 Å². The molecule has 0 bridgehead atoms. The highest BCUT2D eigenvalue weighted by Crippen LogP contribution is 2.41. The summed E-state index contributed by atoms with van der Waals surface area (Å²) in [6.07, 6.45) is 2.58. The monoisotopic (exact) mass is 298 g/mol. The number of benzene rings is 1. The molecule has 1 aliphatic carbocycles. The molecule has 5 heteroatoms. The molecule has 0 heterocycles. The highest BCUT2D eigenvalue weighted by Gasteiger charge is 2.32. The minimum absolute atomic E-state index is 0.205. The van der Waals surface area contributed by atoms with E-state index in [9.17, 15) is 9.90 Å². The van der Waals surface area contributed by atoms with E-state index >= 15 is 0 Å². The first-order valence-electron chi connectivity index (χ1n) is 6.60. The van der Waals surface area contributed by atoms with E-state index in [1.807, 2.05) is 0 Å². The van der Waals surface area contributed by atoms with Crippen LogP contribution < -0.4 is 9.47 Å². The van der Waals surface area contributed by atoms with E-state index in [1.165, 1.54) is 0 Å². The number of methoxy groups -OCH3 is 1. The van der Waals surface area contributed by atoms with Gasteiger partial charge in [0.15, 0.2) is 11.5 Å². The van der Waals surface area contributed by atoms with E-state index in [0.29, 0.717) is 22.9 Å². The Labute approximate surface area is 123 Å². The number of ether oxygens (including phenoxy) is 2. The Balaban J connectivity index is 2.38. The van der Waals surface area contributed by atoms with Crippen molar-refractivity contribution in [2.45, 2.75) is 39.2 Å². The van der Waals surface area contributed by atoms with Gasteiger partial charge in [0.1, 0.15) is 0 Å². The van der Waals surface area contributed by atoms with E-state index in [1.54, 1.807) is 33.1 Å². The molecule has 110 valence electrons. The molecular weight excluding hydrogens is 280 g/mol. The van der Waals surface area contributed by atoms with Crippen LogP contribution in [0.5, 0.6) is 11.5 Å². The second kappa shape index (κ2) is 5.52. The Hall–Kier alpha value is -1.42. The Morgan fingerprint density at radius 3 is 2.60 bits per heavy atom. The molecule has 1 fully saturated rings. The predicted molar refractivity (Wildman–Crippen MR) is 76.8 cm³/mol. The Morgan fingerprint density at radius 2 is 2.10 bits per heavy atom. The van der Waals surface area contributed by atoms with Crippen LogP contribution in [0.3, 0.4) is 0 Å². The highest BCUT2D eigenvalue weighted by molar-refractivity contribution is 6.30. The van der Waals surface area contributed by atoms with Crippen LogP contribution in [0.2, 0.25) is 5.02 Å². The zero-order chi connectivity index (χ0) is 14.9.